The van der Waals surface area contributed by atoms with Crippen molar-refractivity contribution in [2.45, 2.75) is 39.8 Å². The molecule has 0 aliphatic carbocycles. The molecule has 3 N–H and O–H groups in total. The van der Waals surface area contributed by atoms with Crippen LogP contribution >= 0.6 is 0 Å². The molecule has 0 saturated heterocycles. The summed E-state index contributed by atoms with van der Waals surface area (Å²) in [6.45, 7) is 7.33. The van der Waals surface area contributed by atoms with E-state index in [-0.39, 0.29) is 17.7 Å². The van der Waals surface area contributed by atoms with E-state index in [1.165, 1.54) is 12.1 Å². The summed E-state index contributed by atoms with van der Waals surface area (Å²) < 4.78 is 5.49. The highest BCUT2D eigenvalue weighted by Crippen LogP contribution is 2.27. The third-order valence-corrected chi connectivity index (χ3v) is 2.77. The molecule has 0 aromatic heterocycles. The van der Waals surface area contributed by atoms with E-state index in [1.54, 1.807) is 6.07 Å². The van der Waals surface area contributed by atoms with Crippen LogP contribution in [-0.2, 0) is 4.79 Å². The molecule has 1 atom stereocenters. The predicted octanol–water partition coefficient (Wildman–Crippen LogP) is 2.30. The van der Waals surface area contributed by atoms with Crippen LogP contribution in [-0.4, -0.2) is 23.0 Å². The maximum Gasteiger partial charge on any atom is 0.275 e. The Bertz CT molecular complexity index is 529. The molecule has 0 heterocycles. The van der Waals surface area contributed by atoms with Crippen molar-refractivity contribution in [1.29, 1.82) is 0 Å². The van der Waals surface area contributed by atoms with Crippen molar-refractivity contribution in [3.63, 3.8) is 0 Å². The molecule has 1 unspecified atom stereocenters. The lowest BCUT2D eigenvalue weighted by Crippen LogP contribution is -2.39. The van der Waals surface area contributed by atoms with Gasteiger partial charge in [0.15, 0.2) is 0 Å². The van der Waals surface area contributed by atoms with E-state index >= 15 is 0 Å². The maximum atomic E-state index is 11.4. The maximum absolute atomic E-state index is 11.4. The Morgan fingerprint density at radius 3 is 2.33 bits per heavy atom. The van der Waals surface area contributed by atoms with Crippen LogP contribution < -0.4 is 15.8 Å². The second kappa shape index (κ2) is 6.92. The number of ether oxygens (including phenoxy) is 1. The van der Waals surface area contributed by atoms with Crippen LogP contribution in [0, 0.1) is 16.0 Å². The quantitative estimate of drug-likeness (QED) is 0.592. The van der Waals surface area contributed by atoms with Gasteiger partial charge in [-0.25, -0.2) is 0 Å². The normalized spacial score (nSPS) is 12.3. The second-order valence-corrected chi connectivity index (χ2v) is 5.41. The fourth-order valence-electron chi connectivity index (χ4n) is 1.86. The Morgan fingerprint density at radius 1 is 1.29 bits per heavy atom. The highest BCUT2D eigenvalue weighted by Gasteiger charge is 2.21. The number of carbonyl (C=O) groups is 1. The molecule has 7 heteroatoms. The topological polar surface area (TPSA) is 107 Å². The number of anilines is 1. The number of nitro benzene ring substituents is 1. The number of benzene rings is 1. The summed E-state index contributed by atoms with van der Waals surface area (Å²) in [5.74, 6) is -0.187. The van der Waals surface area contributed by atoms with E-state index in [0.29, 0.717) is 11.4 Å². The van der Waals surface area contributed by atoms with E-state index in [9.17, 15) is 14.9 Å². The minimum atomic E-state index is -0.612. The Balaban J connectivity index is 3.12. The number of hydrogen-bond acceptors (Lipinski definition) is 5. The molecule has 0 saturated carbocycles. The number of hydrogen-bond donors (Lipinski definition) is 2. The first kappa shape index (κ1) is 16.7. The van der Waals surface area contributed by atoms with Crippen molar-refractivity contribution in [3.8, 4) is 5.75 Å². The first-order valence-electron chi connectivity index (χ1n) is 6.72. The molecule has 7 nitrogen and oxygen atoms in total. The SMILES string of the molecule is CC(C)Oc1cc(NC(C(N)=O)C(C)C)cc([N+](=O)[O-])c1. The molecule has 116 valence electrons. The zero-order chi connectivity index (χ0) is 16.2. The van der Waals surface area contributed by atoms with E-state index in [4.69, 9.17) is 10.5 Å². The highest BCUT2D eigenvalue weighted by atomic mass is 16.6. The molecule has 0 bridgehead atoms. The molecule has 0 radical (unpaired) electrons. The van der Waals surface area contributed by atoms with Gasteiger partial charge in [-0.15, -0.1) is 0 Å². The molecular formula is C14H21N3O4. The van der Waals surface area contributed by atoms with Gasteiger partial charge in [-0.3, -0.25) is 14.9 Å². The van der Waals surface area contributed by atoms with Crippen molar-refractivity contribution in [2.75, 3.05) is 5.32 Å². The van der Waals surface area contributed by atoms with Gasteiger partial charge in [0, 0.05) is 17.8 Å². The Hall–Kier alpha value is -2.31. The summed E-state index contributed by atoms with van der Waals surface area (Å²) in [5, 5.41) is 13.9. The van der Waals surface area contributed by atoms with Gasteiger partial charge in [0.1, 0.15) is 11.8 Å². The van der Waals surface area contributed by atoms with Gasteiger partial charge < -0.3 is 15.8 Å². The molecule has 1 aromatic rings. The fourth-order valence-corrected chi connectivity index (χ4v) is 1.86. The average molecular weight is 295 g/mol. The molecule has 0 aliphatic rings. The Labute approximate surface area is 123 Å². The van der Waals surface area contributed by atoms with Crippen molar-refractivity contribution in [2.24, 2.45) is 11.7 Å². The number of nitro groups is 1. The lowest BCUT2D eigenvalue weighted by Gasteiger charge is -2.20. The van der Waals surface area contributed by atoms with E-state index < -0.39 is 16.9 Å². The fraction of sp³-hybridized carbons (Fsp3) is 0.500. The minimum Gasteiger partial charge on any atom is -0.491 e. The van der Waals surface area contributed by atoms with Crippen molar-refractivity contribution >= 4 is 17.3 Å². The molecule has 1 aromatic carbocycles. The van der Waals surface area contributed by atoms with Gasteiger partial charge in [0.25, 0.3) is 5.69 Å². The summed E-state index contributed by atoms with van der Waals surface area (Å²) in [7, 11) is 0. The first-order chi connectivity index (χ1) is 9.70. The lowest BCUT2D eigenvalue weighted by atomic mass is 10.0. The summed E-state index contributed by atoms with van der Waals surface area (Å²) in [6.07, 6.45) is -0.114. The highest BCUT2D eigenvalue weighted by molar-refractivity contribution is 5.83. The Morgan fingerprint density at radius 2 is 1.90 bits per heavy atom. The molecular weight excluding hydrogens is 274 g/mol. The number of nitrogens with one attached hydrogen (secondary N) is 1. The van der Waals surface area contributed by atoms with Crippen molar-refractivity contribution in [1.82, 2.24) is 0 Å². The monoisotopic (exact) mass is 295 g/mol. The smallest absolute Gasteiger partial charge is 0.275 e. The van der Waals surface area contributed by atoms with Gasteiger partial charge in [-0.1, -0.05) is 13.8 Å². The van der Waals surface area contributed by atoms with Gasteiger partial charge in [0.05, 0.1) is 17.1 Å². The largest absolute Gasteiger partial charge is 0.491 e. The summed E-state index contributed by atoms with van der Waals surface area (Å²) in [4.78, 5) is 21.9. The standard InChI is InChI=1S/C14H21N3O4/c1-8(2)13(14(15)18)16-10-5-11(17(19)20)7-12(6-10)21-9(3)4/h5-9,13,16H,1-4H3,(H2,15,18). The summed E-state index contributed by atoms with van der Waals surface area (Å²) in [6, 6.07) is 3.70. The third-order valence-electron chi connectivity index (χ3n) is 2.77. The van der Waals surface area contributed by atoms with Gasteiger partial charge in [0.2, 0.25) is 5.91 Å². The first-order valence-corrected chi connectivity index (χ1v) is 6.72. The van der Waals surface area contributed by atoms with Crippen molar-refractivity contribution < 1.29 is 14.5 Å². The Kier molecular flexibility index (Phi) is 5.52. The van der Waals surface area contributed by atoms with Crippen LogP contribution in [0.1, 0.15) is 27.7 Å². The number of amides is 1. The van der Waals surface area contributed by atoms with Crippen LogP contribution in [0.5, 0.6) is 5.75 Å². The van der Waals surface area contributed by atoms with Gasteiger partial charge in [-0.05, 0) is 19.8 Å². The van der Waals surface area contributed by atoms with Crippen LogP contribution in [0.4, 0.5) is 11.4 Å². The van der Waals surface area contributed by atoms with Gasteiger partial charge in [-0.2, -0.15) is 0 Å². The lowest BCUT2D eigenvalue weighted by molar-refractivity contribution is -0.384. The van der Waals surface area contributed by atoms with Gasteiger partial charge >= 0.3 is 0 Å². The number of rotatable bonds is 7. The van der Waals surface area contributed by atoms with Crippen molar-refractivity contribution in [3.05, 3.63) is 28.3 Å². The molecule has 0 fully saturated rings. The summed E-state index contributed by atoms with van der Waals surface area (Å²) >= 11 is 0. The number of nitrogens with zero attached hydrogens (tertiary/aromatic N) is 1. The van der Waals surface area contributed by atoms with Crippen LogP contribution in [0.25, 0.3) is 0 Å². The minimum absolute atomic E-state index is 0.0452. The van der Waals surface area contributed by atoms with Crippen LogP contribution in [0.2, 0.25) is 0 Å². The molecule has 1 rings (SSSR count). The van der Waals surface area contributed by atoms with E-state index in [2.05, 4.69) is 5.32 Å². The zero-order valence-electron chi connectivity index (χ0n) is 12.6. The average Bonchev–Trinajstić information content (AvgIpc) is 2.33. The molecule has 21 heavy (non-hydrogen) atoms. The number of primary amides is 1. The van der Waals surface area contributed by atoms with Crippen LogP contribution in [0.3, 0.4) is 0 Å². The van der Waals surface area contributed by atoms with E-state index in [1.807, 2.05) is 27.7 Å². The van der Waals surface area contributed by atoms with Crippen LogP contribution in [0.15, 0.2) is 18.2 Å². The predicted molar refractivity (Wildman–Crippen MR) is 80.3 cm³/mol. The number of nitrogens with two attached hydrogens (primary N) is 1. The summed E-state index contributed by atoms with van der Waals surface area (Å²) in [5.41, 5.74) is 5.65. The molecule has 1 amide bonds. The number of non-ortho nitro benzene ring substituents is 1. The third kappa shape index (κ3) is 4.94. The van der Waals surface area contributed by atoms with E-state index in [0.717, 1.165) is 0 Å². The number of carbonyl (C=O) groups excluding carboxylic acids is 1. The molecule has 0 aliphatic heterocycles. The zero-order valence-corrected chi connectivity index (χ0v) is 12.6. The second-order valence-electron chi connectivity index (χ2n) is 5.41. The molecule has 0 spiro atoms.